The van der Waals surface area contributed by atoms with Gasteiger partial charge < -0.3 is 14.5 Å². The molecule has 1 spiro atoms. The molecule has 1 aromatic heterocycles. The van der Waals surface area contributed by atoms with Gasteiger partial charge in [0.2, 0.25) is 0 Å². The zero-order chi connectivity index (χ0) is 30.6. The molecule has 1 aliphatic carbocycles. The first-order valence-corrected chi connectivity index (χ1v) is 17.1. The number of nitrogens with zero attached hydrogens (tertiary/aromatic N) is 4. The van der Waals surface area contributed by atoms with Gasteiger partial charge >= 0.3 is 6.09 Å². The zero-order valence-corrected chi connectivity index (χ0v) is 27.2. The van der Waals surface area contributed by atoms with Crippen LogP contribution in [0.5, 0.6) is 0 Å². The highest BCUT2D eigenvalue weighted by Gasteiger charge is 2.46. The van der Waals surface area contributed by atoms with Crippen molar-refractivity contribution in [3.8, 4) is 5.69 Å². The van der Waals surface area contributed by atoms with Gasteiger partial charge in [-0.3, -0.25) is 9.36 Å². The van der Waals surface area contributed by atoms with Gasteiger partial charge in [-0.25, -0.2) is 4.79 Å². The van der Waals surface area contributed by atoms with E-state index < -0.39 is 5.60 Å². The third-order valence-electron chi connectivity index (χ3n) is 10.6. The molecular weight excluding hydrogens is 572 g/mol. The predicted molar refractivity (Wildman–Crippen MR) is 175 cm³/mol. The number of carbonyl (C=O) groups is 1. The van der Waals surface area contributed by atoms with Gasteiger partial charge in [0.05, 0.1) is 27.0 Å². The molecule has 3 aromatic rings. The molecular formula is C36H45ClN4O3. The van der Waals surface area contributed by atoms with E-state index in [1.54, 1.807) is 6.07 Å². The summed E-state index contributed by atoms with van der Waals surface area (Å²) in [6.45, 7) is 10.7. The Labute approximate surface area is 265 Å². The molecule has 4 aliphatic rings. The van der Waals surface area contributed by atoms with E-state index in [1.807, 2.05) is 37.8 Å². The number of ether oxygens (including phenoxy) is 1. The SMILES string of the molecule is CC(C)(C)OC(=O)N1CCC(CN2CCC(c3ccc4c(c3)-n3c(nc(=O)c5c(Cl)cccc53)C43CCCCC3)CC2)CC1. The smallest absolute Gasteiger partial charge is 0.410 e. The number of fused-ring (bicyclic) bond motifs is 7. The second kappa shape index (κ2) is 11.5. The second-order valence-electron chi connectivity index (χ2n) is 14.6. The largest absolute Gasteiger partial charge is 0.444 e. The van der Waals surface area contributed by atoms with Crippen molar-refractivity contribution in [2.24, 2.45) is 5.92 Å². The van der Waals surface area contributed by atoms with E-state index in [9.17, 15) is 9.59 Å². The first-order valence-electron chi connectivity index (χ1n) is 16.7. The van der Waals surface area contributed by atoms with E-state index in [-0.39, 0.29) is 17.1 Å². The van der Waals surface area contributed by atoms with Crippen molar-refractivity contribution < 1.29 is 9.53 Å². The van der Waals surface area contributed by atoms with Crippen molar-refractivity contribution in [3.63, 3.8) is 0 Å². The molecule has 2 aromatic carbocycles. The number of aromatic nitrogens is 2. The molecule has 2 saturated heterocycles. The van der Waals surface area contributed by atoms with Crippen LogP contribution < -0.4 is 5.56 Å². The number of rotatable bonds is 3. The summed E-state index contributed by atoms with van der Waals surface area (Å²) in [4.78, 5) is 35.0. The lowest BCUT2D eigenvalue weighted by atomic mass is 9.69. The molecule has 44 heavy (non-hydrogen) atoms. The van der Waals surface area contributed by atoms with Gasteiger partial charge in [0.25, 0.3) is 5.56 Å². The summed E-state index contributed by atoms with van der Waals surface area (Å²) < 4.78 is 7.85. The molecule has 0 atom stereocenters. The lowest BCUT2D eigenvalue weighted by Gasteiger charge is -2.38. The van der Waals surface area contributed by atoms with Gasteiger partial charge in [-0.15, -0.1) is 0 Å². The number of likely N-dealkylation sites (tertiary alicyclic amines) is 2. The fraction of sp³-hybridized carbons (Fsp3) is 0.583. The normalized spacial score (nSPS) is 21.0. The number of amides is 1. The van der Waals surface area contributed by atoms with Crippen molar-refractivity contribution in [2.75, 3.05) is 32.7 Å². The second-order valence-corrected chi connectivity index (χ2v) is 15.0. The van der Waals surface area contributed by atoms with Crippen LogP contribution in [0.2, 0.25) is 5.02 Å². The molecule has 0 radical (unpaired) electrons. The van der Waals surface area contributed by atoms with Gasteiger partial charge in [-0.1, -0.05) is 49.1 Å². The minimum atomic E-state index is -0.449. The van der Waals surface area contributed by atoms with Gasteiger partial charge in [-0.2, -0.15) is 4.98 Å². The lowest BCUT2D eigenvalue weighted by molar-refractivity contribution is 0.0166. The number of hydrogen-bond acceptors (Lipinski definition) is 5. The molecule has 1 saturated carbocycles. The van der Waals surface area contributed by atoms with E-state index in [4.69, 9.17) is 21.3 Å². The molecule has 0 N–H and O–H groups in total. The van der Waals surface area contributed by atoms with Crippen molar-refractivity contribution >= 4 is 28.6 Å². The highest BCUT2D eigenvalue weighted by Crippen LogP contribution is 2.52. The van der Waals surface area contributed by atoms with Gasteiger partial charge in [0.1, 0.15) is 11.4 Å². The summed E-state index contributed by atoms with van der Waals surface area (Å²) in [7, 11) is 0. The molecule has 0 bridgehead atoms. The molecule has 234 valence electrons. The standard InChI is InChI=1S/C36H45ClN4O3/c1-35(2,3)44-34(43)40-20-12-24(13-21-40)23-39-18-14-25(15-19-39)26-10-11-27-30(22-26)41-29-9-7-8-28(37)31(29)32(42)38-33(41)36(27)16-5-4-6-17-36/h7-11,22,24-25H,4-6,12-21,23H2,1-3H3. The van der Waals surface area contributed by atoms with Crippen molar-refractivity contribution in [1.29, 1.82) is 0 Å². The summed E-state index contributed by atoms with van der Waals surface area (Å²) in [5.41, 5.74) is 3.94. The Morgan fingerprint density at radius 1 is 1.00 bits per heavy atom. The van der Waals surface area contributed by atoms with Crippen LogP contribution in [-0.2, 0) is 10.2 Å². The molecule has 7 nitrogen and oxygen atoms in total. The summed E-state index contributed by atoms with van der Waals surface area (Å²) in [5, 5.41) is 0.993. The van der Waals surface area contributed by atoms with E-state index in [0.717, 1.165) is 95.4 Å². The third-order valence-corrected chi connectivity index (χ3v) is 10.9. The highest BCUT2D eigenvalue weighted by atomic mass is 35.5. The van der Waals surface area contributed by atoms with Crippen LogP contribution in [0.25, 0.3) is 16.6 Å². The van der Waals surface area contributed by atoms with Gasteiger partial charge in [-0.05, 0) is 114 Å². The van der Waals surface area contributed by atoms with Crippen LogP contribution in [-0.4, -0.2) is 63.8 Å². The average Bonchev–Trinajstić information content (AvgIpc) is 3.25. The van der Waals surface area contributed by atoms with E-state index in [0.29, 0.717) is 22.2 Å². The van der Waals surface area contributed by atoms with E-state index in [2.05, 4.69) is 27.7 Å². The summed E-state index contributed by atoms with van der Waals surface area (Å²) >= 11 is 6.57. The number of benzene rings is 2. The molecule has 3 fully saturated rings. The average molecular weight is 617 g/mol. The maximum atomic E-state index is 13.3. The summed E-state index contributed by atoms with van der Waals surface area (Å²) in [6.07, 6.45) is 9.80. The Morgan fingerprint density at radius 2 is 1.73 bits per heavy atom. The maximum Gasteiger partial charge on any atom is 0.410 e. The summed E-state index contributed by atoms with van der Waals surface area (Å²) in [5.74, 6) is 2.05. The van der Waals surface area contributed by atoms with E-state index >= 15 is 0 Å². The molecule has 7 rings (SSSR count). The lowest BCUT2D eigenvalue weighted by Crippen LogP contribution is -2.44. The number of halogens is 1. The fourth-order valence-electron chi connectivity index (χ4n) is 8.39. The Hall–Kier alpha value is -2.90. The third kappa shape index (κ3) is 5.34. The van der Waals surface area contributed by atoms with Crippen molar-refractivity contribution in [1.82, 2.24) is 19.4 Å². The van der Waals surface area contributed by atoms with Crippen LogP contribution in [0.1, 0.15) is 101 Å². The molecule has 4 heterocycles. The van der Waals surface area contributed by atoms with E-state index in [1.165, 1.54) is 23.2 Å². The molecule has 0 unspecified atom stereocenters. The number of hydrogen-bond donors (Lipinski definition) is 0. The van der Waals surface area contributed by atoms with Gasteiger partial charge in [0, 0.05) is 19.6 Å². The van der Waals surface area contributed by atoms with Crippen LogP contribution in [0.4, 0.5) is 4.79 Å². The number of piperidine rings is 2. The van der Waals surface area contributed by atoms with Crippen LogP contribution in [0.15, 0.2) is 41.2 Å². The quantitative estimate of drug-likeness (QED) is 0.306. The van der Waals surface area contributed by atoms with Gasteiger partial charge in [0.15, 0.2) is 0 Å². The predicted octanol–water partition coefficient (Wildman–Crippen LogP) is 7.43. The maximum absolute atomic E-state index is 13.3. The van der Waals surface area contributed by atoms with Crippen LogP contribution in [0.3, 0.4) is 0 Å². The topological polar surface area (TPSA) is 67.7 Å². The van der Waals surface area contributed by atoms with Crippen molar-refractivity contribution in [3.05, 3.63) is 68.7 Å². The Bertz CT molecular complexity index is 1620. The fourth-order valence-corrected chi connectivity index (χ4v) is 8.64. The first kappa shape index (κ1) is 29.8. The number of carbonyl (C=O) groups excluding carboxylic acids is 1. The first-order chi connectivity index (χ1) is 21.1. The highest BCUT2D eigenvalue weighted by molar-refractivity contribution is 6.35. The molecule has 8 heteroatoms. The zero-order valence-electron chi connectivity index (χ0n) is 26.4. The Balaban J connectivity index is 1.07. The van der Waals surface area contributed by atoms with Crippen LogP contribution >= 0.6 is 11.6 Å². The minimum Gasteiger partial charge on any atom is -0.444 e. The Morgan fingerprint density at radius 3 is 2.43 bits per heavy atom. The van der Waals surface area contributed by atoms with Crippen molar-refractivity contribution in [2.45, 2.75) is 95.5 Å². The summed E-state index contributed by atoms with van der Waals surface area (Å²) in [6, 6.07) is 12.9. The minimum absolute atomic E-state index is 0.179. The van der Waals surface area contributed by atoms with Crippen LogP contribution in [0, 0.1) is 5.92 Å². The Kier molecular flexibility index (Phi) is 7.77. The molecule has 3 aliphatic heterocycles. The molecule has 1 amide bonds. The monoisotopic (exact) mass is 616 g/mol.